The molecule has 5 nitrogen and oxygen atoms in total. The molecule has 0 saturated heterocycles. The van der Waals surface area contributed by atoms with E-state index in [0.29, 0.717) is 5.82 Å². The fraction of sp³-hybridized carbons (Fsp3) is 0. The van der Waals surface area contributed by atoms with Crippen molar-refractivity contribution in [1.29, 1.82) is 0 Å². The minimum atomic E-state index is 0.708. The van der Waals surface area contributed by atoms with Crippen LogP contribution in [0.4, 0.5) is 0 Å². The summed E-state index contributed by atoms with van der Waals surface area (Å²) in [6.45, 7) is 0. The van der Waals surface area contributed by atoms with E-state index in [-0.39, 0.29) is 0 Å². The highest BCUT2D eigenvalue weighted by molar-refractivity contribution is 6.29. The van der Waals surface area contributed by atoms with Crippen molar-refractivity contribution < 1.29 is 0 Å². The number of para-hydroxylation sites is 4. The van der Waals surface area contributed by atoms with Gasteiger partial charge in [0.2, 0.25) is 0 Å². The molecule has 10 aromatic carbocycles. The molecule has 0 aliphatic heterocycles. The Morgan fingerprint density at radius 2 is 0.746 bits per heavy atom. The topological polar surface area (TPSA) is 40.6 Å². The monoisotopic (exact) mass is 801 g/mol. The highest BCUT2D eigenvalue weighted by Crippen LogP contribution is 2.44. The van der Waals surface area contributed by atoms with Crippen LogP contribution in [-0.4, -0.2) is 23.7 Å². The van der Waals surface area contributed by atoms with E-state index in [1.54, 1.807) is 0 Å². The highest BCUT2D eigenvalue weighted by Gasteiger charge is 2.22. The first-order valence-electron chi connectivity index (χ1n) is 21.5. The first-order chi connectivity index (χ1) is 31.3. The number of fused-ring (bicyclic) bond motifs is 16. The quantitative estimate of drug-likeness (QED) is 0.166. The molecular weight excluding hydrogens is 767 g/mol. The van der Waals surface area contributed by atoms with Gasteiger partial charge in [-0.1, -0.05) is 133 Å². The van der Waals surface area contributed by atoms with Gasteiger partial charge in [0, 0.05) is 71.9 Å². The zero-order chi connectivity index (χ0) is 41.2. The molecule has 0 aliphatic rings. The predicted molar refractivity (Wildman–Crippen MR) is 263 cm³/mol. The van der Waals surface area contributed by atoms with Gasteiger partial charge in [0.25, 0.3) is 0 Å². The number of rotatable bonds is 4. The van der Waals surface area contributed by atoms with Crippen LogP contribution < -0.4 is 0 Å². The van der Waals surface area contributed by atoms with Gasteiger partial charge in [0.15, 0.2) is 5.82 Å². The Morgan fingerprint density at radius 3 is 1.41 bits per heavy atom. The van der Waals surface area contributed by atoms with Crippen molar-refractivity contribution in [1.82, 2.24) is 23.7 Å². The van der Waals surface area contributed by atoms with Gasteiger partial charge in [-0.15, -0.1) is 0 Å². The third kappa shape index (κ3) is 4.82. The van der Waals surface area contributed by atoms with Gasteiger partial charge in [-0.25, -0.2) is 9.97 Å². The van der Waals surface area contributed by atoms with Gasteiger partial charge in [-0.05, 0) is 89.0 Å². The van der Waals surface area contributed by atoms with Crippen LogP contribution >= 0.6 is 0 Å². The molecular formula is C58H35N5. The summed E-state index contributed by atoms with van der Waals surface area (Å²) in [4.78, 5) is 10.3. The summed E-state index contributed by atoms with van der Waals surface area (Å²) in [6, 6.07) is 74.5. The van der Waals surface area contributed by atoms with E-state index in [4.69, 9.17) is 9.97 Å². The second-order valence-electron chi connectivity index (χ2n) is 16.5. The summed E-state index contributed by atoms with van der Waals surface area (Å²) < 4.78 is 7.24. The van der Waals surface area contributed by atoms with Crippen molar-refractivity contribution >= 4 is 97.9 Å². The Morgan fingerprint density at radius 1 is 0.286 bits per heavy atom. The number of aromatic nitrogens is 5. The Bertz CT molecular complexity index is 4170. The number of hydrogen-bond donors (Lipinski definition) is 0. The Labute approximate surface area is 360 Å². The van der Waals surface area contributed by atoms with E-state index in [1.807, 2.05) is 6.20 Å². The van der Waals surface area contributed by atoms with Crippen LogP contribution in [-0.2, 0) is 0 Å². The summed E-state index contributed by atoms with van der Waals surface area (Å²) in [6.07, 6.45) is 2.01. The average Bonchev–Trinajstić information content (AvgIpc) is 4.00. The van der Waals surface area contributed by atoms with Crippen molar-refractivity contribution in [2.75, 3.05) is 0 Å². The first kappa shape index (κ1) is 34.2. The molecule has 0 aliphatic carbocycles. The highest BCUT2D eigenvalue weighted by atomic mass is 15.0. The van der Waals surface area contributed by atoms with Crippen LogP contribution in [0, 0.1) is 0 Å². The van der Waals surface area contributed by atoms with Gasteiger partial charge < -0.3 is 13.7 Å². The summed E-state index contributed by atoms with van der Waals surface area (Å²) in [5, 5.41) is 13.2. The summed E-state index contributed by atoms with van der Waals surface area (Å²) in [7, 11) is 0. The molecule has 0 bridgehead atoms. The Hall–Kier alpha value is -8.54. The molecule has 4 aromatic heterocycles. The lowest BCUT2D eigenvalue weighted by Crippen LogP contribution is -1.97. The Kier molecular flexibility index (Phi) is 7.05. The normalized spacial score (nSPS) is 12.1. The number of benzene rings is 10. The summed E-state index contributed by atoms with van der Waals surface area (Å²) >= 11 is 0. The molecule has 292 valence electrons. The van der Waals surface area contributed by atoms with Gasteiger partial charge in [0.05, 0.1) is 38.6 Å². The maximum atomic E-state index is 5.31. The number of nitrogens with zero attached hydrogens (tertiary/aromatic N) is 5. The molecule has 0 amide bonds. The zero-order valence-corrected chi connectivity index (χ0v) is 33.9. The fourth-order valence-corrected chi connectivity index (χ4v) is 10.6. The fourth-order valence-electron chi connectivity index (χ4n) is 10.6. The molecule has 0 fully saturated rings. The second kappa shape index (κ2) is 13.0. The summed E-state index contributed by atoms with van der Waals surface area (Å²) in [5.41, 5.74) is 12.4. The molecule has 0 saturated carbocycles. The van der Waals surface area contributed by atoms with Gasteiger partial charge in [-0.2, -0.15) is 0 Å². The molecule has 63 heavy (non-hydrogen) atoms. The van der Waals surface area contributed by atoms with Crippen molar-refractivity contribution in [3.8, 4) is 28.5 Å². The molecule has 0 N–H and O–H groups in total. The van der Waals surface area contributed by atoms with Crippen LogP contribution in [0.3, 0.4) is 0 Å². The smallest absolute Gasteiger partial charge is 0.159 e. The van der Waals surface area contributed by atoms with Crippen LogP contribution in [0.1, 0.15) is 0 Å². The van der Waals surface area contributed by atoms with Crippen molar-refractivity contribution in [3.05, 3.63) is 212 Å². The third-order valence-electron chi connectivity index (χ3n) is 13.2. The van der Waals surface area contributed by atoms with Crippen LogP contribution in [0.15, 0.2) is 212 Å². The largest absolute Gasteiger partial charge is 0.309 e. The van der Waals surface area contributed by atoms with E-state index in [9.17, 15) is 0 Å². The lowest BCUT2D eigenvalue weighted by Gasteiger charge is -2.12. The lowest BCUT2D eigenvalue weighted by atomic mass is 9.98. The molecule has 5 heteroatoms. The molecule has 0 unspecified atom stereocenters. The maximum absolute atomic E-state index is 5.31. The average molecular weight is 802 g/mol. The minimum Gasteiger partial charge on any atom is -0.309 e. The van der Waals surface area contributed by atoms with Crippen LogP contribution in [0.5, 0.6) is 0 Å². The SMILES string of the molecule is c1ccc(-n2c3ccccc3c3cc(-n4c5ccccc5c5c6c7ccccc7n(-c7cccc(-c8ncc9c%10ccccc%10c%10ccccc%10c9n8)c7)c6ccc54)ccc32)cc1. The van der Waals surface area contributed by atoms with Crippen molar-refractivity contribution in [3.63, 3.8) is 0 Å². The lowest BCUT2D eigenvalue weighted by molar-refractivity contribution is 1.16. The van der Waals surface area contributed by atoms with E-state index in [0.717, 1.165) is 49.9 Å². The van der Waals surface area contributed by atoms with E-state index in [2.05, 4.69) is 220 Å². The van der Waals surface area contributed by atoms with Crippen LogP contribution in [0.2, 0.25) is 0 Å². The predicted octanol–water partition coefficient (Wildman–Crippen LogP) is 14.9. The third-order valence-corrected chi connectivity index (χ3v) is 13.2. The second-order valence-corrected chi connectivity index (χ2v) is 16.5. The molecule has 0 atom stereocenters. The first-order valence-corrected chi connectivity index (χ1v) is 21.5. The molecule has 14 aromatic rings. The minimum absolute atomic E-state index is 0.708. The van der Waals surface area contributed by atoms with Crippen molar-refractivity contribution in [2.45, 2.75) is 0 Å². The molecule has 4 heterocycles. The Balaban J connectivity index is 0.982. The maximum Gasteiger partial charge on any atom is 0.159 e. The van der Waals surface area contributed by atoms with Crippen LogP contribution in [0.25, 0.3) is 126 Å². The van der Waals surface area contributed by atoms with Gasteiger partial charge in [-0.3, -0.25) is 0 Å². The van der Waals surface area contributed by atoms with Gasteiger partial charge >= 0.3 is 0 Å². The molecule has 0 radical (unpaired) electrons. The van der Waals surface area contributed by atoms with E-state index in [1.165, 1.54) is 70.5 Å². The standard InChI is InChI=1S/C58H35N5/c1-2-16-37(17-3-1)61-49-26-11-8-22-43(49)47-34-39(29-30-52(47)61)63-51-28-13-10-25-46(51)56-54(63)32-31-53-55(56)45-24-9-12-27-50(45)62(53)38-18-14-15-36(33-38)58-59-35-48-42-21-5-4-19-40(42)41-20-6-7-23-44(41)57(48)60-58/h1-35H. The van der Waals surface area contributed by atoms with E-state index >= 15 is 0 Å². The molecule has 0 spiro atoms. The zero-order valence-electron chi connectivity index (χ0n) is 33.9. The summed E-state index contributed by atoms with van der Waals surface area (Å²) in [5.74, 6) is 0.708. The van der Waals surface area contributed by atoms with Gasteiger partial charge in [0.1, 0.15) is 0 Å². The van der Waals surface area contributed by atoms with Crippen molar-refractivity contribution in [2.24, 2.45) is 0 Å². The number of hydrogen-bond acceptors (Lipinski definition) is 2. The van der Waals surface area contributed by atoms with E-state index < -0.39 is 0 Å². The molecule has 14 rings (SSSR count).